The van der Waals surface area contributed by atoms with Crippen LogP contribution in [0.15, 0.2) is 12.1 Å². The fourth-order valence-corrected chi connectivity index (χ4v) is 4.79. The van der Waals surface area contributed by atoms with Gasteiger partial charge in [-0.25, -0.2) is 0 Å². The maximum atomic E-state index is 3.32. The summed E-state index contributed by atoms with van der Waals surface area (Å²) in [6.45, 7) is 8.86. The van der Waals surface area contributed by atoms with E-state index in [0.29, 0.717) is 0 Å². The maximum absolute atomic E-state index is 3.32. The van der Waals surface area contributed by atoms with Crippen LogP contribution < -0.4 is 0 Å². The number of fused-ring (bicyclic) bond motifs is 2. The third-order valence-electron chi connectivity index (χ3n) is 3.66. The van der Waals surface area contributed by atoms with Crippen LogP contribution in [0.3, 0.4) is 0 Å². The largest absolute Gasteiger partial charge is 0.140 e. The molecule has 0 saturated carbocycles. The van der Waals surface area contributed by atoms with Gasteiger partial charge >= 0.3 is 0 Å². The highest BCUT2D eigenvalue weighted by Gasteiger charge is 2.13. The molecule has 0 atom stereocenters. The molecule has 3 rings (SSSR count). The predicted molar refractivity (Wildman–Crippen MR) is 93.2 cm³/mol. The minimum absolute atomic E-state index is 0.987. The summed E-state index contributed by atoms with van der Waals surface area (Å²) in [7, 11) is 0. The van der Waals surface area contributed by atoms with Crippen molar-refractivity contribution < 1.29 is 0 Å². The number of rotatable bonds is 1. The van der Waals surface area contributed by atoms with Crippen molar-refractivity contribution in [3.05, 3.63) is 33.0 Å². The number of hydrogen-bond donors (Lipinski definition) is 0. The highest BCUT2D eigenvalue weighted by molar-refractivity contribution is 7.21. The molecule has 2 aromatic heterocycles. The average Bonchev–Trinajstić information content (AvgIpc) is 3.01. The van der Waals surface area contributed by atoms with Crippen LogP contribution in [0.2, 0.25) is 0 Å². The van der Waals surface area contributed by atoms with Gasteiger partial charge in [0, 0.05) is 20.7 Å². The van der Waals surface area contributed by atoms with Crippen molar-refractivity contribution >= 4 is 42.8 Å². The van der Waals surface area contributed by atoms with Crippen molar-refractivity contribution in [2.24, 2.45) is 0 Å². The van der Waals surface area contributed by atoms with E-state index >= 15 is 0 Å². The molecule has 0 unspecified atom stereocenters. The molecule has 0 fully saturated rings. The lowest BCUT2D eigenvalue weighted by molar-refractivity contribution is 0.983. The van der Waals surface area contributed by atoms with Crippen molar-refractivity contribution in [1.82, 2.24) is 0 Å². The van der Waals surface area contributed by atoms with Gasteiger partial charge in [0.25, 0.3) is 0 Å². The molecular weight excluding hydrogens is 280 g/mol. The molecule has 0 spiro atoms. The van der Waals surface area contributed by atoms with Gasteiger partial charge in [0.05, 0.1) is 4.88 Å². The van der Waals surface area contributed by atoms with Crippen molar-refractivity contribution in [3.63, 3.8) is 0 Å². The molecule has 0 aliphatic rings. The van der Waals surface area contributed by atoms with E-state index in [-0.39, 0.29) is 0 Å². The van der Waals surface area contributed by atoms with Gasteiger partial charge in [-0.1, -0.05) is 18.8 Å². The number of hydrogen-bond acceptors (Lipinski definition) is 2. The van der Waals surface area contributed by atoms with E-state index in [4.69, 9.17) is 0 Å². The van der Waals surface area contributed by atoms with Gasteiger partial charge in [-0.05, 0) is 61.2 Å². The molecule has 2 heteroatoms. The molecule has 102 valence electrons. The van der Waals surface area contributed by atoms with Crippen LogP contribution in [-0.4, -0.2) is 0 Å². The molecule has 3 aromatic rings. The Morgan fingerprint density at radius 1 is 0.950 bits per heavy atom. The van der Waals surface area contributed by atoms with Crippen LogP contribution >= 0.6 is 22.7 Å². The summed E-state index contributed by atoms with van der Waals surface area (Å²) in [6.07, 6.45) is 2.12. The molecule has 0 N–H and O–H groups in total. The monoisotopic (exact) mass is 298 g/mol. The zero-order valence-electron chi connectivity index (χ0n) is 12.4. The lowest BCUT2D eigenvalue weighted by atomic mass is 10.0. The zero-order valence-corrected chi connectivity index (χ0v) is 14.0. The molecule has 0 bridgehead atoms. The molecule has 20 heavy (non-hydrogen) atoms. The van der Waals surface area contributed by atoms with Crippen molar-refractivity contribution in [3.8, 4) is 11.8 Å². The molecule has 0 aliphatic carbocycles. The quantitative estimate of drug-likeness (QED) is 0.470. The summed E-state index contributed by atoms with van der Waals surface area (Å²) in [6, 6.07) is 4.60. The van der Waals surface area contributed by atoms with Gasteiger partial charge in [0.1, 0.15) is 0 Å². The van der Waals surface area contributed by atoms with Gasteiger partial charge in [-0.15, -0.1) is 22.7 Å². The van der Waals surface area contributed by atoms with E-state index in [1.54, 1.807) is 0 Å². The molecule has 2 heterocycles. The molecule has 0 aliphatic heterocycles. The van der Waals surface area contributed by atoms with E-state index in [0.717, 1.165) is 12.8 Å². The summed E-state index contributed by atoms with van der Waals surface area (Å²) in [5.41, 5.74) is 2.83. The van der Waals surface area contributed by atoms with E-state index in [1.165, 1.54) is 41.1 Å². The second kappa shape index (κ2) is 5.24. The van der Waals surface area contributed by atoms with Crippen LogP contribution in [0, 0.1) is 32.6 Å². The van der Waals surface area contributed by atoms with Gasteiger partial charge in [-0.2, -0.15) is 0 Å². The van der Waals surface area contributed by atoms with Crippen LogP contribution in [0.4, 0.5) is 0 Å². The van der Waals surface area contributed by atoms with E-state index in [9.17, 15) is 0 Å². The average molecular weight is 298 g/mol. The fourth-order valence-electron chi connectivity index (χ4n) is 2.60. The molecule has 0 radical (unpaired) electrons. The Bertz CT molecular complexity index is 793. The summed E-state index contributed by atoms with van der Waals surface area (Å²) in [5.74, 6) is 6.58. The van der Waals surface area contributed by atoms with E-state index < -0.39 is 0 Å². The first-order valence-electron chi connectivity index (χ1n) is 7.03. The summed E-state index contributed by atoms with van der Waals surface area (Å²) in [4.78, 5) is 2.60. The number of unbranched alkanes of at least 4 members (excludes halogenated alkanes) is 1. The smallest absolute Gasteiger partial charge is 0.0781 e. The normalized spacial score (nSPS) is 11.0. The number of aryl methyl sites for hydroxylation is 3. The van der Waals surface area contributed by atoms with E-state index in [1.807, 2.05) is 22.7 Å². The van der Waals surface area contributed by atoms with E-state index in [2.05, 4.69) is 51.7 Å². The van der Waals surface area contributed by atoms with Crippen molar-refractivity contribution in [2.75, 3.05) is 0 Å². The maximum Gasteiger partial charge on any atom is 0.0781 e. The molecule has 1 aromatic carbocycles. The minimum Gasteiger partial charge on any atom is -0.140 e. The lowest BCUT2D eigenvalue weighted by Crippen LogP contribution is -1.79. The Labute approximate surface area is 128 Å². The van der Waals surface area contributed by atoms with Gasteiger partial charge < -0.3 is 0 Å². The summed E-state index contributed by atoms with van der Waals surface area (Å²) in [5, 5.41) is 2.81. The highest BCUT2D eigenvalue weighted by Crippen LogP contribution is 2.40. The fraction of sp³-hybridized carbons (Fsp3) is 0.333. The van der Waals surface area contributed by atoms with Crippen LogP contribution in [0.5, 0.6) is 0 Å². The third kappa shape index (κ3) is 2.16. The van der Waals surface area contributed by atoms with Gasteiger partial charge in [0.2, 0.25) is 0 Å². The Hall–Kier alpha value is -1.30. The van der Waals surface area contributed by atoms with Gasteiger partial charge in [0.15, 0.2) is 0 Å². The van der Waals surface area contributed by atoms with Gasteiger partial charge in [-0.3, -0.25) is 0 Å². The van der Waals surface area contributed by atoms with Crippen LogP contribution in [0.1, 0.15) is 40.6 Å². The number of thiophene rings is 2. The molecular formula is C18H18S2. The Morgan fingerprint density at radius 2 is 1.60 bits per heavy atom. The minimum atomic E-state index is 0.987. The van der Waals surface area contributed by atoms with Crippen molar-refractivity contribution in [1.29, 1.82) is 0 Å². The lowest BCUT2D eigenvalue weighted by Gasteiger charge is -2.03. The summed E-state index contributed by atoms with van der Waals surface area (Å²) < 4.78 is 2.85. The van der Waals surface area contributed by atoms with Crippen molar-refractivity contribution in [2.45, 2.75) is 40.5 Å². The Kier molecular flexibility index (Phi) is 3.58. The molecule has 0 nitrogen and oxygen atoms in total. The molecule has 0 saturated heterocycles. The zero-order chi connectivity index (χ0) is 14.3. The molecule has 0 amide bonds. The first-order chi connectivity index (χ1) is 9.61. The second-order valence-corrected chi connectivity index (χ2v) is 7.56. The SMILES string of the molecule is CCCC#Cc1cc2c(C)c3sc(C)cc3c(C)c2s1. The standard InChI is InChI=1S/C18H18S2/c1-5-6-7-8-14-10-16-13(4)17-15(9-11(2)19-17)12(3)18(16)20-14/h9-10H,5-6H2,1-4H3. The van der Waals surface area contributed by atoms with Crippen LogP contribution in [-0.2, 0) is 0 Å². The Morgan fingerprint density at radius 3 is 2.30 bits per heavy atom. The first kappa shape index (κ1) is 13.7. The second-order valence-electron chi connectivity index (χ2n) is 5.26. The highest BCUT2D eigenvalue weighted by atomic mass is 32.1. The predicted octanol–water partition coefficient (Wildman–Crippen LogP) is 6.19. The third-order valence-corrected chi connectivity index (χ3v) is 6.00. The topological polar surface area (TPSA) is 0 Å². The first-order valence-corrected chi connectivity index (χ1v) is 8.66. The number of benzene rings is 1. The Balaban J connectivity index is 2.27. The summed E-state index contributed by atoms with van der Waals surface area (Å²) >= 11 is 3.75. The van der Waals surface area contributed by atoms with Crippen LogP contribution in [0.25, 0.3) is 20.2 Å².